The quantitative estimate of drug-likeness (QED) is 0.714. The maximum absolute atomic E-state index is 13.3. The summed E-state index contributed by atoms with van der Waals surface area (Å²) in [6.45, 7) is 0. The molecule has 100 valence electrons. The second-order valence-corrected chi connectivity index (χ2v) is 4.35. The minimum Gasteiger partial charge on any atom is -0.497 e. The Bertz CT molecular complexity index is 819. The van der Waals surface area contributed by atoms with E-state index in [4.69, 9.17) is 9.15 Å². The minimum absolute atomic E-state index is 0.235. The first-order chi connectivity index (χ1) is 9.69. The topological polar surface area (TPSA) is 39.4 Å². The second-order valence-electron chi connectivity index (χ2n) is 4.35. The average Bonchev–Trinajstić information content (AvgIpc) is 2.51. The third-order valence-corrected chi connectivity index (χ3v) is 3.15. The predicted octanol–water partition coefficient (Wildman–Crippen LogP) is 3.61. The molecule has 0 radical (unpaired) electrons. The summed E-state index contributed by atoms with van der Waals surface area (Å²) in [6.07, 6.45) is 0.831. The lowest BCUT2D eigenvalue weighted by Gasteiger charge is -2.05. The van der Waals surface area contributed by atoms with Crippen LogP contribution in [0.15, 0.2) is 57.9 Å². The summed E-state index contributed by atoms with van der Waals surface area (Å²) in [5.41, 5.74) is 1.45. The summed E-state index contributed by atoms with van der Waals surface area (Å²) in [5, 5.41) is 0.235. The fourth-order valence-electron chi connectivity index (χ4n) is 2.07. The van der Waals surface area contributed by atoms with Crippen molar-refractivity contribution in [2.24, 2.45) is 0 Å². The monoisotopic (exact) mass is 270 g/mol. The largest absolute Gasteiger partial charge is 0.497 e. The van der Waals surface area contributed by atoms with Crippen LogP contribution in [-0.2, 0) is 0 Å². The molecule has 0 aliphatic rings. The van der Waals surface area contributed by atoms with Gasteiger partial charge < -0.3 is 9.15 Å². The van der Waals surface area contributed by atoms with Gasteiger partial charge in [-0.2, -0.15) is 4.39 Å². The number of hydrogen-bond donors (Lipinski definition) is 0. The van der Waals surface area contributed by atoms with E-state index in [-0.39, 0.29) is 5.39 Å². The Morgan fingerprint density at radius 1 is 1.05 bits per heavy atom. The summed E-state index contributed by atoms with van der Waals surface area (Å²) in [4.78, 5) is 11.8. The van der Waals surface area contributed by atoms with Crippen LogP contribution in [0, 0.1) is 5.82 Å². The summed E-state index contributed by atoms with van der Waals surface area (Å²) in [5.74, 6) is -0.135. The van der Waals surface area contributed by atoms with Gasteiger partial charge in [-0.1, -0.05) is 18.2 Å². The van der Waals surface area contributed by atoms with Crippen LogP contribution in [0.1, 0.15) is 0 Å². The normalized spacial score (nSPS) is 10.7. The van der Waals surface area contributed by atoms with Crippen molar-refractivity contribution in [1.29, 1.82) is 0 Å². The molecule has 2 aromatic carbocycles. The Morgan fingerprint density at radius 3 is 2.45 bits per heavy atom. The van der Waals surface area contributed by atoms with Crippen LogP contribution in [0.5, 0.6) is 5.75 Å². The van der Waals surface area contributed by atoms with Crippen LogP contribution < -0.4 is 10.2 Å². The highest BCUT2D eigenvalue weighted by atomic mass is 19.1. The molecule has 0 aliphatic carbocycles. The summed E-state index contributed by atoms with van der Waals surface area (Å²) < 4.78 is 23.4. The lowest BCUT2D eigenvalue weighted by molar-refractivity contribution is 0.415. The first-order valence-electron chi connectivity index (χ1n) is 6.04. The molecule has 20 heavy (non-hydrogen) atoms. The Kier molecular flexibility index (Phi) is 2.99. The molecule has 0 atom stereocenters. The smallest absolute Gasteiger partial charge is 0.228 e. The van der Waals surface area contributed by atoms with E-state index in [2.05, 4.69) is 0 Å². The molecule has 3 rings (SSSR count). The van der Waals surface area contributed by atoms with E-state index >= 15 is 0 Å². The number of methoxy groups -OCH3 is 1. The lowest BCUT2D eigenvalue weighted by atomic mass is 10.0. The van der Waals surface area contributed by atoms with Gasteiger partial charge in [0.25, 0.3) is 0 Å². The van der Waals surface area contributed by atoms with Crippen LogP contribution in [0.4, 0.5) is 4.39 Å². The SMILES string of the molecule is COc1ccc(-c2ccc3occ(F)c(=O)c3c2)cc1. The first kappa shape index (κ1) is 12.4. The molecule has 0 spiro atoms. The highest BCUT2D eigenvalue weighted by Crippen LogP contribution is 2.25. The number of hydrogen-bond acceptors (Lipinski definition) is 3. The van der Waals surface area contributed by atoms with E-state index in [0.717, 1.165) is 23.1 Å². The van der Waals surface area contributed by atoms with Crippen molar-refractivity contribution in [2.45, 2.75) is 0 Å². The first-order valence-corrected chi connectivity index (χ1v) is 6.04. The van der Waals surface area contributed by atoms with Gasteiger partial charge in [0, 0.05) is 0 Å². The van der Waals surface area contributed by atoms with Crippen molar-refractivity contribution in [2.75, 3.05) is 7.11 Å². The zero-order chi connectivity index (χ0) is 14.1. The number of benzene rings is 2. The number of ether oxygens (including phenoxy) is 1. The van der Waals surface area contributed by atoms with E-state index in [1.807, 2.05) is 30.3 Å². The molecule has 0 unspecified atom stereocenters. The van der Waals surface area contributed by atoms with Gasteiger partial charge in [-0.25, -0.2) is 0 Å². The van der Waals surface area contributed by atoms with Gasteiger partial charge >= 0.3 is 0 Å². The van der Waals surface area contributed by atoms with E-state index in [0.29, 0.717) is 5.58 Å². The maximum Gasteiger partial charge on any atom is 0.228 e. The Balaban J connectivity index is 2.16. The second kappa shape index (κ2) is 4.81. The Hall–Kier alpha value is -2.62. The molecule has 4 heteroatoms. The Morgan fingerprint density at radius 2 is 1.75 bits per heavy atom. The van der Waals surface area contributed by atoms with Gasteiger partial charge in [-0.05, 0) is 35.4 Å². The molecule has 3 aromatic rings. The van der Waals surface area contributed by atoms with Crippen LogP contribution >= 0.6 is 0 Å². The maximum atomic E-state index is 13.3. The standard InChI is InChI=1S/C16H11FO3/c1-19-12-5-2-10(3-6-12)11-4-7-15-13(8-11)16(18)14(17)9-20-15/h2-9H,1H3. The number of halogens is 1. The fraction of sp³-hybridized carbons (Fsp3) is 0.0625. The van der Waals surface area contributed by atoms with Crippen LogP contribution in [-0.4, -0.2) is 7.11 Å². The van der Waals surface area contributed by atoms with Crippen molar-refractivity contribution in [3.8, 4) is 16.9 Å². The van der Waals surface area contributed by atoms with Crippen LogP contribution in [0.2, 0.25) is 0 Å². The zero-order valence-electron chi connectivity index (χ0n) is 10.7. The molecule has 0 N–H and O–H groups in total. The van der Waals surface area contributed by atoms with Gasteiger partial charge in [0.1, 0.15) is 17.6 Å². The summed E-state index contributed by atoms with van der Waals surface area (Å²) in [6, 6.07) is 12.5. The average molecular weight is 270 g/mol. The van der Waals surface area contributed by atoms with Crippen LogP contribution in [0.25, 0.3) is 22.1 Å². The number of fused-ring (bicyclic) bond motifs is 1. The molecule has 1 aromatic heterocycles. The molecule has 0 saturated heterocycles. The highest BCUT2D eigenvalue weighted by Gasteiger charge is 2.08. The molecule has 0 fully saturated rings. The molecule has 0 bridgehead atoms. The summed E-state index contributed by atoms with van der Waals surface area (Å²) >= 11 is 0. The summed E-state index contributed by atoms with van der Waals surface area (Å²) in [7, 11) is 1.60. The van der Waals surface area contributed by atoms with Crippen molar-refractivity contribution in [3.63, 3.8) is 0 Å². The lowest BCUT2D eigenvalue weighted by Crippen LogP contribution is -2.05. The minimum atomic E-state index is -0.885. The van der Waals surface area contributed by atoms with E-state index in [1.165, 1.54) is 0 Å². The zero-order valence-corrected chi connectivity index (χ0v) is 10.7. The van der Waals surface area contributed by atoms with Gasteiger partial charge in [0.05, 0.1) is 12.5 Å². The highest BCUT2D eigenvalue weighted by molar-refractivity contribution is 5.83. The molecule has 0 saturated carbocycles. The predicted molar refractivity (Wildman–Crippen MR) is 74.4 cm³/mol. The fourth-order valence-corrected chi connectivity index (χ4v) is 2.07. The van der Waals surface area contributed by atoms with Gasteiger partial charge in [-0.15, -0.1) is 0 Å². The van der Waals surface area contributed by atoms with Crippen molar-refractivity contribution in [1.82, 2.24) is 0 Å². The molecular formula is C16H11FO3. The third-order valence-electron chi connectivity index (χ3n) is 3.15. The third kappa shape index (κ3) is 2.05. The molecule has 0 aliphatic heterocycles. The van der Waals surface area contributed by atoms with E-state index < -0.39 is 11.2 Å². The molecule has 3 nitrogen and oxygen atoms in total. The van der Waals surface area contributed by atoms with E-state index in [1.54, 1.807) is 19.2 Å². The van der Waals surface area contributed by atoms with Crippen LogP contribution in [0.3, 0.4) is 0 Å². The van der Waals surface area contributed by atoms with Gasteiger partial charge in [-0.3, -0.25) is 4.79 Å². The van der Waals surface area contributed by atoms with E-state index in [9.17, 15) is 9.18 Å². The van der Waals surface area contributed by atoms with Crippen molar-refractivity contribution in [3.05, 3.63) is 64.8 Å². The molecule has 1 heterocycles. The number of rotatable bonds is 2. The van der Waals surface area contributed by atoms with Crippen molar-refractivity contribution >= 4 is 11.0 Å². The Labute approximate surface area is 114 Å². The van der Waals surface area contributed by atoms with Gasteiger partial charge in [0.2, 0.25) is 11.2 Å². The van der Waals surface area contributed by atoms with Gasteiger partial charge in [0.15, 0.2) is 0 Å². The molecule has 0 amide bonds. The molecular weight excluding hydrogens is 259 g/mol. The van der Waals surface area contributed by atoms with Crippen molar-refractivity contribution < 1.29 is 13.5 Å².